The van der Waals surface area contributed by atoms with Gasteiger partial charge < -0.3 is 9.97 Å². The molecule has 1 fully saturated rings. The maximum absolute atomic E-state index is 6.65. The first-order valence-corrected chi connectivity index (χ1v) is 9.66. The van der Waals surface area contributed by atoms with Crippen LogP contribution in [0.3, 0.4) is 0 Å². The van der Waals surface area contributed by atoms with Gasteiger partial charge >= 0.3 is 6.92 Å². The highest BCUT2D eigenvalue weighted by atomic mass is 35.5. The van der Waals surface area contributed by atoms with Gasteiger partial charge in [-0.15, -0.1) is 0 Å². The van der Waals surface area contributed by atoms with E-state index < -0.39 is 0 Å². The van der Waals surface area contributed by atoms with Gasteiger partial charge in [-0.3, -0.25) is 0 Å². The van der Waals surface area contributed by atoms with Crippen molar-refractivity contribution >= 4 is 29.7 Å². The Hall–Kier alpha value is -0.665. The van der Waals surface area contributed by atoms with Gasteiger partial charge in [0.25, 0.3) is 0 Å². The molecule has 0 spiro atoms. The largest absolute Gasteiger partial charge is 0.425 e. The summed E-state index contributed by atoms with van der Waals surface area (Å²) in [7, 11) is 0. The lowest BCUT2D eigenvalue weighted by atomic mass is 9.50. The van der Waals surface area contributed by atoms with Crippen LogP contribution in [0.5, 0.6) is 0 Å². The molecule has 1 unspecified atom stereocenters. The number of rotatable bonds is 7. The van der Waals surface area contributed by atoms with Crippen LogP contribution in [0.15, 0.2) is 18.2 Å². The zero-order valence-corrected chi connectivity index (χ0v) is 17.1. The quantitative estimate of drug-likeness (QED) is 0.632. The van der Waals surface area contributed by atoms with E-state index in [0.29, 0.717) is 11.9 Å². The third-order valence-corrected chi connectivity index (χ3v) is 5.96. The van der Waals surface area contributed by atoms with Gasteiger partial charge in [0.05, 0.1) is 16.3 Å². The summed E-state index contributed by atoms with van der Waals surface area (Å²) in [4.78, 5) is 0. The maximum Gasteiger partial charge on any atom is 0.330 e. The third-order valence-electron chi connectivity index (χ3n) is 5.65. The van der Waals surface area contributed by atoms with Gasteiger partial charge in [0.2, 0.25) is 0 Å². The second-order valence-corrected chi connectivity index (χ2v) is 9.25. The first-order chi connectivity index (χ1) is 11.0. The highest BCUT2D eigenvalue weighted by Crippen LogP contribution is 2.36. The number of anilines is 1. The van der Waals surface area contributed by atoms with Gasteiger partial charge in [0, 0.05) is 6.04 Å². The predicted molar refractivity (Wildman–Crippen MR) is 108 cm³/mol. The van der Waals surface area contributed by atoms with Crippen molar-refractivity contribution in [2.45, 2.75) is 85.2 Å². The fourth-order valence-electron chi connectivity index (χ4n) is 2.49. The molecule has 1 aliphatic rings. The van der Waals surface area contributed by atoms with E-state index in [-0.39, 0.29) is 17.9 Å². The third kappa shape index (κ3) is 4.70. The van der Waals surface area contributed by atoms with Crippen molar-refractivity contribution in [2.24, 2.45) is 5.41 Å². The molecule has 1 aliphatic carbocycles. The summed E-state index contributed by atoms with van der Waals surface area (Å²) >= 11 is 6.54. The van der Waals surface area contributed by atoms with Crippen LogP contribution in [-0.2, 0) is 4.65 Å². The molecule has 24 heavy (non-hydrogen) atoms. The Morgan fingerprint density at radius 1 is 1.25 bits per heavy atom. The number of benzene rings is 1. The highest BCUT2D eigenvalue weighted by molar-refractivity contribution is 6.69. The molecule has 1 aromatic carbocycles. The lowest BCUT2D eigenvalue weighted by Crippen LogP contribution is -2.49. The molecular weight excluding hydrogens is 316 g/mol. The molecule has 0 amide bonds. The average Bonchev–Trinajstić information content (AvgIpc) is 3.29. The summed E-state index contributed by atoms with van der Waals surface area (Å²) in [6.07, 6.45) is 3.57. The smallest absolute Gasteiger partial charge is 0.330 e. The fraction of sp³-hybridized carbons (Fsp3) is 0.700. The van der Waals surface area contributed by atoms with Crippen molar-refractivity contribution in [3.05, 3.63) is 23.2 Å². The van der Waals surface area contributed by atoms with Crippen molar-refractivity contribution in [3.63, 3.8) is 0 Å². The first kappa shape index (κ1) is 19.7. The van der Waals surface area contributed by atoms with E-state index in [4.69, 9.17) is 16.3 Å². The van der Waals surface area contributed by atoms with Gasteiger partial charge in [-0.2, -0.15) is 0 Å². The zero-order chi connectivity index (χ0) is 18.1. The minimum absolute atomic E-state index is 0.0525. The normalized spacial score (nSPS) is 16.8. The second kappa shape index (κ2) is 7.29. The van der Waals surface area contributed by atoms with Crippen LogP contribution in [-0.4, -0.2) is 18.6 Å². The van der Waals surface area contributed by atoms with Crippen LogP contribution in [0.25, 0.3) is 0 Å². The summed E-state index contributed by atoms with van der Waals surface area (Å²) in [6, 6.07) is 6.97. The van der Waals surface area contributed by atoms with Crippen LogP contribution in [0.1, 0.15) is 67.7 Å². The molecule has 0 heterocycles. The van der Waals surface area contributed by atoms with Crippen LogP contribution in [0.2, 0.25) is 10.8 Å². The van der Waals surface area contributed by atoms with Gasteiger partial charge in [0.15, 0.2) is 0 Å². The van der Waals surface area contributed by atoms with Crippen LogP contribution < -0.4 is 10.8 Å². The molecule has 0 bridgehead atoms. The molecule has 0 saturated heterocycles. The topological polar surface area (TPSA) is 21.3 Å². The van der Waals surface area contributed by atoms with Gasteiger partial charge in [0.1, 0.15) is 0 Å². The second-order valence-electron chi connectivity index (χ2n) is 8.84. The molecule has 1 atom stereocenters. The lowest BCUT2D eigenvalue weighted by molar-refractivity contribution is -0.00204. The Morgan fingerprint density at radius 2 is 1.88 bits per heavy atom. The van der Waals surface area contributed by atoms with E-state index in [1.54, 1.807) is 0 Å². The molecule has 1 N–H and O–H groups in total. The Morgan fingerprint density at radius 3 is 2.33 bits per heavy atom. The van der Waals surface area contributed by atoms with Crippen molar-refractivity contribution in [1.29, 1.82) is 0 Å². The van der Waals surface area contributed by atoms with E-state index >= 15 is 0 Å². The summed E-state index contributed by atoms with van der Waals surface area (Å²) in [5, 5.41) is 4.29. The number of nitrogens with one attached hydrogen (secondary N) is 1. The predicted octanol–water partition coefficient (Wildman–Crippen LogP) is 5.75. The van der Waals surface area contributed by atoms with Gasteiger partial charge in [-0.05, 0) is 55.5 Å². The highest BCUT2D eigenvalue weighted by Gasteiger charge is 2.39. The van der Waals surface area contributed by atoms with E-state index in [2.05, 4.69) is 72.0 Å². The van der Waals surface area contributed by atoms with E-state index in [1.165, 1.54) is 18.3 Å². The van der Waals surface area contributed by atoms with Crippen molar-refractivity contribution in [3.8, 4) is 0 Å². The zero-order valence-electron chi connectivity index (χ0n) is 16.4. The molecule has 2 rings (SSSR count). The van der Waals surface area contributed by atoms with Crippen LogP contribution in [0, 0.1) is 5.41 Å². The summed E-state index contributed by atoms with van der Waals surface area (Å²) in [5.41, 5.74) is 2.06. The summed E-state index contributed by atoms with van der Waals surface area (Å²) in [6.45, 7) is 15.6. The average molecular weight is 350 g/mol. The number of hydrogen-bond acceptors (Lipinski definition) is 2. The molecule has 134 valence electrons. The molecule has 2 nitrogen and oxygen atoms in total. The van der Waals surface area contributed by atoms with E-state index in [9.17, 15) is 0 Å². The van der Waals surface area contributed by atoms with Crippen LogP contribution in [0.4, 0.5) is 5.69 Å². The van der Waals surface area contributed by atoms with Gasteiger partial charge in [-0.1, -0.05) is 58.7 Å². The van der Waals surface area contributed by atoms with E-state index in [0.717, 1.165) is 17.1 Å². The Bertz CT molecular complexity index is 563. The minimum atomic E-state index is -0.224. The maximum atomic E-state index is 6.65. The SMILES string of the molecule is CCC(C)B(OC(C)(C)C(C)(C)C)c1ccc(NC2CC2)c(Cl)c1. The molecule has 1 saturated carbocycles. The van der Waals surface area contributed by atoms with Crippen molar-refractivity contribution in [1.82, 2.24) is 0 Å². The van der Waals surface area contributed by atoms with E-state index in [1.807, 2.05) is 0 Å². The first-order valence-electron chi connectivity index (χ1n) is 9.29. The number of halogens is 1. The molecule has 0 aromatic heterocycles. The van der Waals surface area contributed by atoms with Gasteiger partial charge in [-0.25, -0.2) is 0 Å². The molecular formula is C20H33BClNO. The molecule has 0 aliphatic heterocycles. The Labute approximate surface area is 153 Å². The monoisotopic (exact) mass is 349 g/mol. The fourth-order valence-corrected chi connectivity index (χ4v) is 2.74. The standard InChI is InChI=1S/C20H33BClNO/c1-8-14(2)21(24-20(6,7)19(3,4)5)15-9-12-18(17(22)13-15)23-16-10-11-16/h9,12-14,16,23H,8,10-11H2,1-7H3. The van der Waals surface area contributed by atoms with Crippen molar-refractivity contribution < 1.29 is 4.65 Å². The Balaban J connectivity index is 2.25. The Kier molecular flexibility index (Phi) is 5.97. The minimum Gasteiger partial charge on any atom is -0.425 e. The summed E-state index contributed by atoms with van der Waals surface area (Å²) < 4.78 is 6.65. The molecule has 1 aromatic rings. The molecule has 4 heteroatoms. The summed E-state index contributed by atoms with van der Waals surface area (Å²) in [5.74, 6) is 0.435. The van der Waals surface area contributed by atoms with Crippen LogP contribution >= 0.6 is 11.6 Å². The lowest BCUT2D eigenvalue weighted by Gasteiger charge is -2.42. The molecule has 0 radical (unpaired) electrons. The number of hydrogen-bond donors (Lipinski definition) is 1. The van der Waals surface area contributed by atoms with Crippen molar-refractivity contribution in [2.75, 3.05) is 5.32 Å².